The predicted molar refractivity (Wildman–Crippen MR) is 59.4 cm³/mol. The lowest BCUT2D eigenvalue weighted by Gasteiger charge is -2.33. The van der Waals surface area contributed by atoms with Crippen molar-refractivity contribution in [1.82, 2.24) is 4.90 Å². The van der Waals surface area contributed by atoms with Crippen molar-refractivity contribution in [1.29, 1.82) is 0 Å². The van der Waals surface area contributed by atoms with Crippen LogP contribution in [0, 0.1) is 5.92 Å². The average Bonchev–Trinajstić information content (AvgIpc) is 2.24. The number of hydrogen-bond donors (Lipinski definition) is 1. The summed E-state index contributed by atoms with van der Waals surface area (Å²) in [7, 11) is 0. The lowest BCUT2D eigenvalue weighted by molar-refractivity contribution is -0.142. The number of nitrogens with zero attached hydrogens (tertiary/aromatic N) is 1. The summed E-state index contributed by atoms with van der Waals surface area (Å²) in [5, 5.41) is 0. The smallest absolute Gasteiger partial charge is 0.225 e. The van der Waals surface area contributed by atoms with E-state index < -0.39 is 0 Å². The van der Waals surface area contributed by atoms with E-state index in [-0.39, 0.29) is 17.9 Å². The third kappa shape index (κ3) is 3.80. The summed E-state index contributed by atoms with van der Waals surface area (Å²) in [6.07, 6.45) is 1.98. The quantitative estimate of drug-likeness (QED) is 0.746. The van der Waals surface area contributed by atoms with E-state index in [4.69, 9.17) is 10.5 Å². The van der Waals surface area contributed by atoms with Gasteiger partial charge < -0.3 is 15.4 Å². The molecule has 1 fully saturated rings. The molecule has 0 aromatic rings. The predicted octanol–water partition coefficient (Wildman–Crippen LogP) is 0.609. The van der Waals surface area contributed by atoms with Crippen LogP contribution >= 0.6 is 0 Å². The van der Waals surface area contributed by atoms with E-state index in [1.165, 1.54) is 0 Å². The Kier molecular flexibility index (Phi) is 5.05. The first-order valence-electron chi connectivity index (χ1n) is 5.75. The maximum Gasteiger partial charge on any atom is 0.225 e. The van der Waals surface area contributed by atoms with E-state index in [9.17, 15) is 4.79 Å². The third-order valence-electron chi connectivity index (χ3n) is 2.82. The van der Waals surface area contributed by atoms with Crippen LogP contribution < -0.4 is 5.73 Å². The van der Waals surface area contributed by atoms with Gasteiger partial charge in [0.25, 0.3) is 0 Å². The number of rotatable bonds is 4. The van der Waals surface area contributed by atoms with E-state index in [0.717, 1.165) is 25.9 Å². The molecule has 1 aliphatic heterocycles. The SMILES string of the molecule is CC1CN(C(=O)C(C)CCCN)CCO1. The first-order chi connectivity index (χ1) is 7.15. The Labute approximate surface area is 91.8 Å². The zero-order chi connectivity index (χ0) is 11.3. The number of hydrogen-bond acceptors (Lipinski definition) is 3. The van der Waals surface area contributed by atoms with Crippen LogP contribution in [-0.4, -0.2) is 43.2 Å². The van der Waals surface area contributed by atoms with E-state index in [2.05, 4.69) is 0 Å². The number of morpholine rings is 1. The largest absolute Gasteiger partial charge is 0.375 e. The van der Waals surface area contributed by atoms with Crippen molar-refractivity contribution in [2.75, 3.05) is 26.2 Å². The second-order valence-electron chi connectivity index (χ2n) is 4.30. The minimum Gasteiger partial charge on any atom is -0.375 e. The Balaban J connectivity index is 2.37. The van der Waals surface area contributed by atoms with E-state index in [1.54, 1.807) is 0 Å². The van der Waals surface area contributed by atoms with Gasteiger partial charge in [0.2, 0.25) is 5.91 Å². The van der Waals surface area contributed by atoms with Crippen LogP contribution in [0.5, 0.6) is 0 Å². The average molecular weight is 214 g/mol. The summed E-state index contributed by atoms with van der Waals surface area (Å²) < 4.78 is 5.41. The molecule has 1 rings (SSSR count). The van der Waals surface area contributed by atoms with Gasteiger partial charge in [0.15, 0.2) is 0 Å². The molecule has 1 amide bonds. The Morgan fingerprint density at radius 1 is 1.67 bits per heavy atom. The summed E-state index contributed by atoms with van der Waals surface area (Å²) >= 11 is 0. The lowest BCUT2D eigenvalue weighted by Crippen LogP contribution is -2.46. The van der Waals surface area contributed by atoms with Gasteiger partial charge in [-0.1, -0.05) is 6.92 Å². The van der Waals surface area contributed by atoms with Crippen molar-refractivity contribution >= 4 is 5.91 Å². The summed E-state index contributed by atoms with van der Waals surface area (Å²) in [5.41, 5.74) is 5.43. The Bertz CT molecular complexity index is 209. The summed E-state index contributed by atoms with van der Waals surface area (Å²) in [4.78, 5) is 13.9. The van der Waals surface area contributed by atoms with Crippen molar-refractivity contribution in [3.63, 3.8) is 0 Å². The van der Waals surface area contributed by atoms with Crippen LogP contribution in [0.4, 0.5) is 0 Å². The fourth-order valence-electron chi connectivity index (χ4n) is 1.88. The number of carbonyl (C=O) groups is 1. The summed E-state index contributed by atoms with van der Waals surface area (Å²) in [5.74, 6) is 0.345. The minimum absolute atomic E-state index is 0.0962. The molecular formula is C11H22N2O2. The molecule has 2 unspecified atom stereocenters. The van der Waals surface area contributed by atoms with Gasteiger partial charge in [-0.2, -0.15) is 0 Å². The fourth-order valence-corrected chi connectivity index (χ4v) is 1.88. The zero-order valence-corrected chi connectivity index (χ0v) is 9.74. The molecular weight excluding hydrogens is 192 g/mol. The highest BCUT2D eigenvalue weighted by Crippen LogP contribution is 2.12. The van der Waals surface area contributed by atoms with Gasteiger partial charge in [-0.05, 0) is 26.3 Å². The van der Waals surface area contributed by atoms with Gasteiger partial charge in [0.05, 0.1) is 12.7 Å². The van der Waals surface area contributed by atoms with E-state index in [1.807, 2.05) is 18.7 Å². The fraction of sp³-hybridized carbons (Fsp3) is 0.909. The normalized spacial score (nSPS) is 23.9. The molecule has 0 aromatic carbocycles. The molecule has 0 spiro atoms. The second kappa shape index (κ2) is 6.08. The van der Waals surface area contributed by atoms with Crippen LogP contribution in [0.1, 0.15) is 26.7 Å². The van der Waals surface area contributed by atoms with Gasteiger partial charge in [0.1, 0.15) is 0 Å². The molecule has 15 heavy (non-hydrogen) atoms. The standard InChI is InChI=1S/C11H22N2O2/c1-9(4-3-5-12)11(14)13-6-7-15-10(2)8-13/h9-10H,3-8,12H2,1-2H3. The topological polar surface area (TPSA) is 55.6 Å². The van der Waals surface area contributed by atoms with Crippen LogP contribution in [-0.2, 0) is 9.53 Å². The molecule has 4 nitrogen and oxygen atoms in total. The molecule has 1 aliphatic rings. The van der Waals surface area contributed by atoms with Crippen molar-refractivity contribution in [2.45, 2.75) is 32.8 Å². The summed E-state index contributed by atoms with van der Waals surface area (Å²) in [6.45, 7) is 6.78. The maximum absolute atomic E-state index is 12.0. The Hall–Kier alpha value is -0.610. The molecule has 1 saturated heterocycles. The van der Waals surface area contributed by atoms with E-state index in [0.29, 0.717) is 13.2 Å². The van der Waals surface area contributed by atoms with Crippen molar-refractivity contribution < 1.29 is 9.53 Å². The van der Waals surface area contributed by atoms with Crippen molar-refractivity contribution in [3.05, 3.63) is 0 Å². The molecule has 0 radical (unpaired) electrons. The summed E-state index contributed by atoms with van der Waals surface area (Å²) in [6, 6.07) is 0. The number of ether oxygens (including phenoxy) is 1. The van der Waals surface area contributed by atoms with Gasteiger partial charge in [0, 0.05) is 19.0 Å². The van der Waals surface area contributed by atoms with Gasteiger partial charge in [-0.15, -0.1) is 0 Å². The molecule has 0 bridgehead atoms. The second-order valence-corrected chi connectivity index (χ2v) is 4.30. The molecule has 0 aromatic heterocycles. The molecule has 88 valence electrons. The lowest BCUT2D eigenvalue weighted by atomic mass is 10.0. The number of amides is 1. The highest BCUT2D eigenvalue weighted by molar-refractivity contribution is 5.78. The maximum atomic E-state index is 12.0. The first-order valence-corrected chi connectivity index (χ1v) is 5.75. The minimum atomic E-state index is 0.0962. The first kappa shape index (κ1) is 12.5. The Morgan fingerprint density at radius 2 is 2.40 bits per heavy atom. The van der Waals surface area contributed by atoms with Crippen molar-refractivity contribution in [2.24, 2.45) is 11.7 Å². The van der Waals surface area contributed by atoms with Crippen molar-refractivity contribution in [3.8, 4) is 0 Å². The number of nitrogens with two attached hydrogens (primary N) is 1. The van der Waals surface area contributed by atoms with Crippen LogP contribution in [0.3, 0.4) is 0 Å². The van der Waals surface area contributed by atoms with Gasteiger partial charge >= 0.3 is 0 Å². The number of carbonyl (C=O) groups excluding carboxylic acids is 1. The molecule has 0 saturated carbocycles. The third-order valence-corrected chi connectivity index (χ3v) is 2.82. The highest BCUT2D eigenvalue weighted by atomic mass is 16.5. The molecule has 1 heterocycles. The zero-order valence-electron chi connectivity index (χ0n) is 9.74. The van der Waals surface area contributed by atoms with E-state index >= 15 is 0 Å². The van der Waals surface area contributed by atoms with Crippen LogP contribution in [0.2, 0.25) is 0 Å². The van der Waals surface area contributed by atoms with Crippen LogP contribution in [0.15, 0.2) is 0 Å². The Morgan fingerprint density at radius 3 is 3.00 bits per heavy atom. The van der Waals surface area contributed by atoms with Crippen LogP contribution in [0.25, 0.3) is 0 Å². The monoisotopic (exact) mass is 214 g/mol. The molecule has 2 atom stereocenters. The molecule has 4 heteroatoms. The highest BCUT2D eigenvalue weighted by Gasteiger charge is 2.24. The van der Waals surface area contributed by atoms with Gasteiger partial charge in [-0.3, -0.25) is 4.79 Å². The van der Waals surface area contributed by atoms with Gasteiger partial charge in [-0.25, -0.2) is 0 Å². The molecule has 2 N–H and O–H groups in total. The molecule has 0 aliphatic carbocycles.